The van der Waals surface area contributed by atoms with Crippen molar-refractivity contribution in [2.45, 2.75) is 0 Å². The van der Waals surface area contributed by atoms with Crippen molar-refractivity contribution in [3.05, 3.63) is 109 Å². The van der Waals surface area contributed by atoms with Crippen molar-refractivity contribution < 1.29 is 23.8 Å². The van der Waals surface area contributed by atoms with Gasteiger partial charge in [-0.25, -0.2) is 14.5 Å². The van der Waals surface area contributed by atoms with E-state index in [1.54, 1.807) is 18.2 Å². The fourth-order valence-corrected chi connectivity index (χ4v) is 4.02. The van der Waals surface area contributed by atoms with Gasteiger partial charge < -0.3 is 14.3 Å². The quantitative estimate of drug-likeness (QED) is 0.294. The largest absolute Gasteiger partial charge is 0.478 e. The molecule has 0 saturated carbocycles. The van der Waals surface area contributed by atoms with E-state index in [9.17, 15) is 14.7 Å². The van der Waals surface area contributed by atoms with Gasteiger partial charge in [0.2, 0.25) is 5.88 Å². The first kappa shape index (κ1) is 22.0. The number of fused-ring (bicyclic) bond motifs is 1. The molecule has 5 rings (SSSR count). The van der Waals surface area contributed by atoms with Crippen LogP contribution in [0.4, 0.5) is 16.4 Å². The number of carboxylic acids is 1. The molecule has 0 aliphatic heterocycles. The lowest BCUT2D eigenvalue weighted by Gasteiger charge is -2.20. The summed E-state index contributed by atoms with van der Waals surface area (Å²) >= 11 is 0. The van der Waals surface area contributed by atoms with Crippen molar-refractivity contribution in [2.24, 2.45) is 0 Å². The van der Waals surface area contributed by atoms with Crippen LogP contribution in [0.1, 0.15) is 10.4 Å². The Kier molecular flexibility index (Phi) is 5.77. The first-order chi connectivity index (χ1) is 17.0. The fraction of sp³-hybridized carbons (Fsp3) is 0.0345. The molecule has 1 heterocycles. The first-order valence-electron chi connectivity index (χ1n) is 10.9. The van der Waals surface area contributed by atoms with Crippen LogP contribution in [-0.2, 0) is 4.74 Å². The zero-order chi connectivity index (χ0) is 24.4. The van der Waals surface area contributed by atoms with Crippen LogP contribution in [-0.4, -0.2) is 24.3 Å². The van der Waals surface area contributed by atoms with Crippen molar-refractivity contribution in [3.8, 4) is 22.3 Å². The van der Waals surface area contributed by atoms with Crippen LogP contribution in [0.2, 0.25) is 0 Å². The Bertz CT molecular complexity index is 1520. The van der Waals surface area contributed by atoms with Gasteiger partial charge in [-0.05, 0) is 52.6 Å². The Balaban J connectivity index is 1.64. The average Bonchev–Trinajstić information content (AvgIpc) is 3.32. The summed E-state index contributed by atoms with van der Waals surface area (Å²) in [5.41, 5.74) is 4.48. The Morgan fingerprint density at radius 2 is 1.40 bits per heavy atom. The molecule has 5 aromatic rings. The zero-order valence-electron chi connectivity index (χ0n) is 18.8. The number of nitrogens with zero attached hydrogens (tertiary/aromatic N) is 1. The number of carbonyl (C=O) groups is 2. The summed E-state index contributed by atoms with van der Waals surface area (Å²) in [6, 6.07) is 31.6. The molecule has 0 atom stereocenters. The van der Waals surface area contributed by atoms with Crippen LogP contribution < -0.4 is 4.90 Å². The van der Waals surface area contributed by atoms with E-state index >= 15 is 0 Å². The molecule has 0 aliphatic rings. The van der Waals surface area contributed by atoms with Gasteiger partial charge >= 0.3 is 12.1 Å². The maximum absolute atomic E-state index is 12.9. The van der Waals surface area contributed by atoms with Crippen LogP contribution in [0.25, 0.3) is 33.2 Å². The monoisotopic (exact) mass is 463 g/mol. The van der Waals surface area contributed by atoms with E-state index in [2.05, 4.69) is 0 Å². The van der Waals surface area contributed by atoms with Gasteiger partial charge in [-0.3, -0.25) is 0 Å². The van der Waals surface area contributed by atoms with Gasteiger partial charge in [0.15, 0.2) is 0 Å². The standard InChI is InChI=1S/C29H21NO5/c1-34-29(33)30(25-16-22(15-24(17-25)28(31)32)20-10-6-3-7-11-20)27-18-23-14-21(12-13-26(23)35-27)19-8-4-2-5-9-19/h2-18H,1H3,(H,31,32). The number of aromatic carboxylic acids is 1. The maximum Gasteiger partial charge on any atom is 0.421 e. The van der Waals surface area contributed by atoms with Crippen LogP contribution in [0.5, 0.6) is 0 Å². The number of benzene rings is 4. The van der Waals surface area contributed by atoms with Gasteiger partial charge in [0.25, 0.3) is 0 Å². The Morgan fingerprint density at radius 1 is 0.743 bits per heavy atom. The summed E-state index contributed by atoms with van der Waals surface area (Å²) in [5.74, 6) is -0.885. The van der Waals surface area contributed by atoms with Crippen LogP contribution in [0, 0.1) is 0 Å². The van der Waals surface area contributed by atoms with Crippen molar-refractivity contribution in [3.63, 3.8) is 0 Å². The second-order valence-electron chi connectivity index (χ2n) is 7.95. The van der Waals surface area contributed by atoms with Gasteiger partial charge in [0.05, 0.1) is 18.4 Å². The first-order valence-corrected chi connectivity index (χ1v) is 10.9. The molecule has 1 N–H and O–H groups in total. The van der Waals surface area contributed by atoms with Gasteiger partial charge in [-0.15, -0.1) is 0 Å². The number of carbonyl (C=O) groups excluding carboxylic acids is 1. The topological polar surface area (TPSA) is 80.0 Å². The number of rotatable bonds is 5. The number of methoxy groups -OCH3 is 1. The normalized spacial score (nSPS) is 10.8. The highest BCUT2D eigenvalue weighted by atomic mass is 16.5. The third-order valence-corrected chi connectivity index (χ3v) is 5.72. The Hall–Kier alpha value is -4.84. The summed E-state index contributed by atoms with van der Waals surface area (Å²) in [6.45, 7) is 0. The summed E-state index contributed by atoms with van der Waals surface area (Å²) in [5, 5.41) is 10.5. The number of carboxylic acid groups (broad SMARTS) is 1. The van der Waals surface area contributed by atoms with Gasteiger partial charge in [0, 0.05) is 11.5 Å². The number of ether oxygens (including phenoxy) is 1. The maximum atomic E-state index is 12.9. The molecule has 172 valence electrons. The van der Waals surface area contributed by atoms with E-state index in [-0.39, 0.29) is 11.4 Å². The van der Waals surface area contributed by atoms with E-state index in [0.29, 0.717) is 16.8 Å². The van der Waals surface area contributed by atoms with Gasteiger partial charge in [-0.2, -0.15) is 0 Å². The van der Waals surface area contributed by atoms with Gasteiger partial charge in [-0.1, -0.05) is 66.7 Å². The average molecular weight is 463 g/mol. The third kappa shape index (κ3) is 4.37. The molecule has 6 heteroatoms. The minimum Gasteiger partial charge on any atom is -0.478 e. The second kappa shape index (κ2) is 9.19. The highest BCUT2D eigenvalue weighted by molar-refractivity contribution is 6.00. The molecule has 35 heavy (non-hydrogen) atoms. The van der Waals surface area contributed by atoms with E-state index < -0.39 is 12.1 Å². The summed E-state index contributed by atoms with van der Waals surface area (Å²) in [4.78, 5) is 26.0. The summed E-state index contributed by atoms with van der Waals surface area (Å²) in [7, 11) is 1.27. The SMILES string of the molecule is COC(=O)N(c1cc(C(=O)O)cc(-c2ccccc2)c1)c1cc2cc(-c3ccccc3)ccc2o1. The lowest BCUT2D eigenvalue weighted by molar-refractivity contribution is 0.0696. The number of furan rings is 1. The van der Waals surface area contributed by atoms with E-state index in [1.165, 1.54) is 18.1 Å². The molecule has 0 aliphatic carbocycles. The van der Waals surface area contributed by atoms with Crippen molar-refractivity contribution in [1.82, 2.24) is 0 Å². The summed E-state index contributed by atoms with van der Waals surface area (Å²) < 4.78 is 11.1. The highest BCUT2D eigenvalue weighted by Crippen LogP contribution is 2.36. The second-order valence-corrected chi connectivity index (χ2v) is 7.95. The van der Waals surface area contributed by atoms with Gasteiger partial charge in [0.1, 0.15) is 5.58 Å². The molecule has 0 radical (unpaired) electrons. The number of hydrogen-bond donors (Lipinski definition) is 1. The molecule has 0 fully saturated rings. The smallest absolute Gasteiger partial charge is 0.421 e. The Morgan fingerprint density at radius 3 is 2.03 bits per heavy atom. The molecular formula is C29H21NO5. The van der Waals surface area contributed by atoms with Crippen LogP contribution in [0.15, 0.2) is 108 Å². The molecular weight excluding hydrogens is 442 g/mol. The Labute approximate surface area is 201 Å². The number of anilines is 2. The lowest BCUT2D eigenvalue weighted by atomic mass is 10.0. The van der Waals surface area contributed by atoms with Crippen molar-refractivity contribution in [1.29, 1.82) is 0 Å². The van der Waals surface area contributed by atoms with Crippen molar-refractivity contribution >= 4 is 34.6 Å². The molecule has 1 aromatic heterocycles. The van der Waals surface area contributed by atoms with Crippen molar-refractivity contribution in [2.75, 3.05) is 12.0 Å². The summed E-state index contributed by atoms with van der Waals surface area (Å²) in [6.07, 6.45) is -0.700. The fourth-order valence-electron chi connectivity index (χ4n) is 4.02. The lowest BCUT2D eigenvalue weighted by Crippen LogP contribution is -2.25. The molecule has 0 unspecified atom stereocenters. The van der Waals surface area contributed by atoms with E-state index in [4.69, 9.17) is 9.15 Å². The minimum absolute atomic E-state index is 0.0396. The number of hydrogen-bond acceptors (Lipinski definition) is 4. The molecule has 0 bridgehead atoms. The zero-order valence-corrected chi connectivity index (χ0v) is 18.8. The molecule has 4 aromatic carbocycles. The van der Waals surface area contributed by atoms with Crippen LogP contribution >= 0.6 is 0 Å². The number of amides is 1. The molecule has 1 amide bonds. The molecule has 6 nitrogen and oxygen atoms in total. The highest BCUT2D eigenvalue weighted by Gasteiger charge is 2.25. The molecule has 0 saturated heterocycles. The van der Waals surface area contributed by atoms with Crippen LogP contribution in [0.3, 0.4) is 0 Å². The minimum atomic E-state index is -1.11. The van der Waals surface area contributed by atoms with E-state index in [0.717, 1.165) is 22.1 Å². The van der Waals surface area contributed by atoms with E-state index in [1.807, 2.05) is 78.9 Å². The predicted molar refractivity (Wildman–Crippen MR) is 135 cm³/mol. The predicted octanol–water partition coefficient (Wildman–Crippen LogP) is 7.37. The molecule has 0 spiro atoms. The third-order valence-electron chi connectivity index (χ3n) is 5.72.